The zero-order valence-corrected chi connectivity index (χ0v) is 12.3. The Balaban J connectivity index is 1.94. The van der Waals surface area contributed by atoms with Gasteiger partial charge in [0.15, 0.2) is 5.78 Å². The van der Waals surface area contributed by atoms with Crippen LogP contribution < -0.4 is 0 Å². The Bertz CT molecular complexity index is 534. The van der Waals surface area contributed by atoms with Gasteiger partial charge in [0.1, 0.15) is 6.10 Å². The van der Waals surface area contributed by atoms with Crippen molar-refractivity contribution in [2.45, 2.75) is 19.6 Å². The standard InChI is InChI=1S/C16H15BrO2/c1-12(19-11-13-5-3-2-4-6-13)16(18)14-7-9-15(17)10-8-14/h2-10,12H,11H2,1H3. The number of halogens is 1. The molecule has 1 atom stereocenters. The van der Waals surface area contributed by atoms with Crippen LogP contribution >= 0.6 is 15.9 Å². The maximum Gasteiger partial charge on any atom is 0.191 e. The number of carbonyl (C=O) groups is 1. The number of benzene rings is 2. The quantitative estimate of drug-likeness (QED) is 0.771. The predicted molar refractivity (Wildman–Crippen MR) is 79.2 cm³/mol. The molecular formula is C16H15BrO2. The molecule has 0 aliphatic rings. The van der Waals surface area contributed by atoms with Crippen LogP contribution in [0.3, 0.4) is 0 Å². The fourth-order valence-electron chi connectivity index (χ4n) is 1.72. The third kappa shape index (κ3) is 4.01. The summed E-state index contributed by atoms with van der Waals surface area (Å²) >= 11 is 3.35. The Morgan fingerprint density at radius 3 is 2.37 bits per heavy atom. The lowest BCUT2D eigenvalue weighted by atomic mass is 10.1. The monoisotopic (exact) mass is 318 g/mol. The molecule has 2 rings (SSSR count). The van der Waals surface area contributed by atoms with Crippen LogP contribution in [0, 0.1) is 0 Å². The highest BCUT2D eigenvalue weighted by molar-refractivity contribution is 9.10. The zero-order chi connectivity index (χ0) is 13.7. The van der Waals surface area contributed by atoms with Gasteiger partial charge < -0.3 is 4.74 Å². The molecule has 19 heavy (non-hydrogen) atoms. The van der Waals surface area contributed by atoms with Gasteiger partial charge in [0.25, 0.3) is 0 Å². The van der Waals surface area contributed by atoms with Crippen molar-refractivity contribution in [3.05, 3.63) is 70.2 Å². The highest BCUT2D eigenvalue weighted by atomic mass is 79.9. The first kappa shape index (κ1) is 14.0. The van der Waals surface area contributed by atoms with E-state index in [0.29, 0.717) is 12.2 Å². The molecule has 0 heterocycles. The predicted octanol–water partition coefficient (Wildman–Crippen LogP) is 4.24. The molecular weight excluding hydrogens is 304 g/mol. The van der Waals surface area contributed by atoms with Gasteiger partial charge in [-0.25, -0.2) is 0 Å². The van der Waals surface area contributed by atoms with Crippen LogP contribution in [0.4, 0.5) is 0 Å². The fourth-order valence-corrected chi connectivity index (χ4v) is 1.98. The van der Waals surface area contributed by atoms with Crippen LogP contribution in [0.15, 0.2) is 59.1 Å². The fraction of sp³-hybridized carbons (Fsp3) is 0.188. The molecule has 0 bridgehead atoms. The Kier molecular flexibility index (Phi) is 4.88. The smallest absolute Gasteiger partial charge is 0.191 e. The summed E-state index contributed by atoms with van der Waals surface area (Å²) in [5.74, 6) is 0.00318. The number of hydrogen-bond donors (Lipinski definition) is 0. The number of Topliss-reactive ketones (excluding diaryl/α,β-unsaturated/α-hetero) is 1. The Hall–Kier alpha value is -1.45. The van der Waals surface area contributed by atoms with Crippen LogP contribution in [0.2, 0.25) is 0 Å². The van der Waals surface area contributed by atoms with Crippen molar-refractivity contribution in [3.8, 4) is 0 Å². The van der Waals surface area contributed by atoms with E-state index in [4.69, 9.17) is 4.74 Å². The second kappa shape index (κ2) is 6.64. The largest absolute Gasteiger partial charge is 0.366 e. The highest BCUT2D eigenvalue weighted by Gasteiger charge is 2.15. The van der Waals surface area contributed by atoms with E-state index in [1.54, 1.807) is 19.1 Å². The van der Waals surface area contributed by atoms with Crippen molar-refractivity contribution in [1.82, 2.24) is 0 Å². The van der Waals surface area contributed by atoms with Crippen molar-refractivity contribution in [2.24, 2.45) is 0 Å². The first-order valence-corrected chi connectivity index (χ1v) is 6.91. The summed E-state index contributed by atoms with van der Waals surface area (Å²) in [6, 6.07) is 17.2. The number of carbonyl (C=O) groups excluding carboxylic acids is 1. The second-order valence-corrected chi connectivity index (χ2v) is 5.23. The van der Waals surface area contributed by atoms with E-state index in [0.717, 1.165) is 10.0 Å². The molecule has 0 N–H and O–H groups in total. The van der Waals surface area contributed by atoms with E-state index in [-0.39, 0.29) is 5.78 Å². The van der Waals surface area contributed by atoms with Crippen molar-refractivity contribution in [1.29, 1.82) is 0 Å². The lowest BCUT2D eigenvalue weighted by Gasteiger charge is -2.12. The van der Waals surface area contributed by atoms with Gasteiger partial charge in [-0.15, -0.1) is 0 Å². The van der Waals surface area contributed by atoms with Crippen LogP contribution in [0.5, 0.6) is 0 Å². The lowest BCUT2D eigenvalue weighted by molar-refractivity contribution is 0.0412. The molecule has 0 saturated carbocycles. The van der Waals surface area contributed by atoms with Crippen LogP contribution in [-0.4, -0.2) is 11.9 Å². The van der Waals surface area contributed by atoms with Crippen LogP contribution in [0.1, 0.15) is 22.8 Å². The van der Waals surface area contributed by atoms with Crippen LogP contribution in [0.25, 0.3) is 0 Å². The Morgan fingerprint density at radius 1 is 1.11 bits per heavy atom. The molecule has 3 heteroatoms. The van der Waals surface area contributed by atoms with Crippen molar-refractivity contribution < 1.29 is 9.53 Å². The van der Waals surface area contributed by atoms with E-state index in [2.05, 4.69) is 15.9 Å². The second-order valence-electron chi connectivity index (χ2n) is 4.31. The number of ketones is 1. The minimum Gasteiger partial charge on any atom is -0.366 e. The molecule has 0 radical (unpaired) electrons. The van der Waals surface area contributed by atoms with Crippen molar-refractivity contribution in [2.75, 3.05) is 0 Å². The molecule has 2 nitrogen and oxygen atoms in total. The van der Waals surface area contributed by atoms with E-state index in [9.17, 15) is 4.79 Å². The normalized spacial score (nSPS) is 12.1. The van der Waals surface area contributed by atoms with Gasteiger partial charge in [-0.1, -0.05) is 58.4 Å². The summed E-state index contributed by atoms with van der Waals surface area (Å²) in [5, 5.41) is 0. The molecule has 2 aromatic carbocycles. The minimum atomic E-state index is -0.443. The summed E-state index contributed by atoms with van der Waals surface area (Å²) < 4.78 is 6.57. The Labute approximate surface area is 121 Å². The van der Waals surface area contributed by atoms with Crippen LogP contribution in [-0.2, 0) is 11.3 Å². The minimum absolute atomic E-state index is 0.00318. The van der Waals surface area contributed by atoms with Gasteiger partial charge >= 0.3 is 0 Å². The number of ether oxygens (including phenoxy) is 1. The zero-order valence-electron chi connectivity index (χ0n) is 10.7. The van der Waals surface area contributed by atoms with Crippen molar-refractivity contribution in [3.63, 3.8) is 0 Å². The van der Waals surface area contributed by atoms with Gasteiger partial charge in [0.05, 0.1) is 6.61 Å². The van der Waals surface area contributed by atoms with Gasteiger partial charge in [-0.05, 0) is 24.6 Å². The maximum absolute atomic E-state index is 12.1. The third-order valence-electron chi connectivity index (χ3n) is 2.84. The summed E-state index contributed by atoms with van der Waals surface area (Å²) in [7, 11) is 0. The molecule has 0 aliphatic heterocycles. The number of hydrogen-bond acceptors (Lipinski definition) is 2. The average Bonchev–Trinajstić information content (AvgIpc) is 2.46. The molecule has 0 saturated heterocycles. The molecule has 0 aliphatic carbocycles. The topological polar surface area (TPSA) is 26.3 Å². The van der Waals surface area contributed by atoms with Crippen molar-refractivity contribution >= 4 is 21.7 Å². The van der Waals surface area contributed by atoms with E-state index >= 15 is 0 Å². The molecule has 0 amide bonds. The maximum atomic E-state index is 12.1. The molecule has 0 fully saturated rings. The SMILES string of the molecule is CC(OCc1ccccc1)C(=O)c1ccc(Br)cc1. The summed E-state index contributed by atoms with van der Waals surface area (Å²) in [5.41, 5.74) is 1.74. The van der Waals surface area contributed by atoms with E-state index < -0.39 is 6.10 Å². The molecule has 0 aromatic heterocycles. The van der Waals surface area contributed by atoms with Gasteiger partial charge in [-0.3, -0.25) is 4.79 Å². The first-order valence-electron chi connectivity index (χ1n) is 6.12. The van der Waals surface area contributed by atoms with Gasteiger partial charge in [-0.2, -0.15) is 0 Å². The molecule has 0 spiro atoms. The average molecular weight is 319 g/mol. The first-order chi connectivity index (χ1) is 9.16. The van der Waals surface area contributed by atoms with Gasteiger partial charge in [0.2, 0.25) is 0 Å². The molecule has 98 valence electrons. The highest BCUT2D eigenvalue weighted by Crippen LogP contribution is 2.13. The number of rotatable bonds is 5. The Morgan fingerprint density at radius 2 is 1.74 bits per heavy atom. The molecule has 1 unspecified atom stereocenters. The third-order valence-corrected chi connectivity index (χ3v) is 3.37. The van der Waals surface area contributed by atoms with Gasteiger partial charge in [0, 0.05) is 10.0 Å². The molecule has 2 aromatic rings. The summed E-state index contributed by atoms with van der Waals surface area (Å²) in [6.07, 6.45) is -0.443. The lowest BCUT2D eigenvalue weighted by Crippen LogP contribution is -2.20. The summed E-state index contributed by atoms with van der Waals surface area (Å²) in [6.45, 7) is 2.23. The van der Waals surface area contributed by atoms with E-state index in [1.165, 1.54) is 0 Å². The van der Waals surface area contributed by atoms with E-state index in [1.807, 2.05) is 42.5 Å². The summed E-state index contributed by atoms with van der Waals surface area (Å²) in [4.78, 5) is 12.1.